The summed E-state index contributed by atoms with van der Waals surface area (Å²) in [7, 11) is 0. The predicted octanol–water partition coefficient (Wildman–Crippen LogP) is 4.92. The number of benzene rings is 2. The Morgan fingerprint density at radius 2 is 1.59 bits per heavy atom. The van der Waals surface area contributed by atoms with Crippen molar-refractivity contribution in [2.24, 2.45) is 0 Å². The van der Waals surface area contributed by atoms with E-state index < -0.39 is 29.9 Å². The second kappa shape index (κ2) is 11.7. The van der Waals surface area contributed by atoms with E-state index in [0.717, 1.165) is 5.56 Å². The molecule has 0 bridgehead atoms. The topological polar surface area (TPSA) is 100 Å². The molecule has 1 N–H and O–H groups in total. The van der Waals surface area contributed by atoms with E-state index in [1.54, 1.807) is 52.0 Å². The van der Waals surface area contributed by atoms with Crippen molar-refractivity contribution in [1.29, 1.82) is 0 Å². The second-order valence-corrected chi connectivity index (χ2v) is 7.90. The largest absolute Gasteiger partial charge is 0.514 e. The van der Waals surface area contributed by atoms with E-state index >= 15 is 0 Å². The summed E-state index contributed by atoms with van der Waals surface area (Å²) >= 11 is 0. The lowest BCUT2D eigenvalue weighted by molar-refractivity contribution is -0.144. The van der Waals surface area contributed by atoms with Gasteiger partial charge in [-0.05, 0) is 32.4 Å². The van der Waals surface area contributed by atoms with Crippen molar-refractivity contribution >= 4 is 18.2 Å². The van der Waals surface area contributed by atoms with Gasteiger partial charge in [-0.15, -0.1) is 0 Å². The molecule has 0 aliphatic rings. The molecule has 172 valence electrons. The first-order chi connectivity index (χ1) is 15.2. The minimum absolute atomic E-state index is 0.0736. The summed E-state index contributed by atoms with van der Waals surface area (Å²) in [5, 5.41) is 2.67. The molecule has 0 heterocycles. The number of alkyl carbamates (subject to hydrolysis) is 1. The van der Waals surface area contributed by atoms with E-state index in [-0.39, 0.29) is 25.4 Å². The monoisotopic (exact) mass is 443 g/mol. The van der Waals surface area contributed by atoms with Gasteiger partial charge in [-0.2, -0.15) is 0 Å². The minimum Gasteiger partial charge on any atom is -0.463 e. The fourth-order valence-corrected chi connectivity index (χ4v) is 2.62. The van der Waals surface area contributed by atoms with Crippen LogP contribution in [0.3, 0.4) is 0 Å². The van der Waals surface area contributed by atoms with E-state index in [1.165, 1.54) is 0 Å². The number of hydrogen-bond donors (Lipinski definition) is 1. The summed E-state index contributed by atoms with van der Waals surface area (Å²) < 4.78 is 21.1. The zero-order valence-corrected chi connectivity index (χ0v) is 18.8. The zero-order valence-electron chi connectivity index (χ0n) is 18.8. The zero-order chi connectivity index (χ0) is 23.6. The third-order valence-electron chi connectivity index (χ3n) is 4.08. The van der Waals surface area contributed by atoms with Crippen LogP contribution < -0.4 is 10.1 Å². The van der Waals surface area contributed by atoms with Crippen molar-refractivity contribution in [2.75, 3.05) is 6.61 Å². The van der Waals surface area contributed by atoms with Gasteiger partial charge < -0.3 is 24.3 Å². The number of rotatable bonds is 8. The number of esters is 1. The molecule has 1 amide bonds. The average Bonchev–Trinajstić information content (AvgIpc) is 2.74. The van der Waals surface area contributed by atoms with Gasteiger partial charge in [0.05, 0.1) is 6.04 Å². The summed E-state index contributed by atoms with van der Waals surface area (Å²) in [5.41, 5.74) is 0.519. The molecule has 0 radical (unpaired) electrons. The van der Waals surface area contributed by atoms with Crippen LogP contribution in [0.4, 0.5) is 9.59 Å². The molecule has 2 rings (SSSR count). The third kappa shape index (κ3) is 8.67. The molecular formula is C24H29NO7. The van der Waals surface area contributed by atoms with Gasteiger partial charge in [-0.3, -0.25) is 4.79 Å². The molecule has 0 aliphatic carbocycles. The molecule has 0 fully saturated rings. The van der Waals surface area contributed by atoms with E-state index in [2.05, 4.69) is 5.32 Å². The van der Waals surface area contributed by atoms with Crippen LogP contribution in [0.2, 0.25) is 0 Å². The summed E-state index contributed by atoms with van der Waals surface area (Å²) in [6.45, 7) is 6.73. The van der Waals surface area contributed by atoms with E-state index in [9.17, 15) is 14.4 Å². The van der Waals surface area contributed by atoms with Crippen molar-refractivity contribution in [2.45, 2.75) is 52.4 Å². The maximum atomic E-state index is 12.4. The number of amides is 1. The Hall–Kier alpha value is -3.55. The summed E-state index contributed by atoms with van der Waals surface area (Å²) in [6, 6.07) is 15.0. The number of nitrogens with one attached hydrogen (secondary N) is 1. The average molecular weight is 443 g/mol. The molecule has 0 spiro atoms. The highest BCUT2D eigenvalue weighted by Crippen LogP contribution is 2.27. The Labute approximate surface area is 187 Å². The lowest BCUT2D eigenvalue weighted by Gasteiger charge is -2.22. The van der Waals surface area contributed by atoms with Gasteiger partial charge in [-0.25, -0.2) is 9.59 Å². The van der Waals surface area contributed by atoms with Gasteiger partial charge in [0.15, 0.2) is 0 Å². The van der Waals surface area contributed by atoms with Crippen molar-refractivity contribution in [1.82, 2.24) is 5.32 Å². The summed E-state index contributed by atoms with van der Waals surface area (Å²) in [4.78, 5) is 36.3. The Balaban J connectivity index is 2.15. The van der Waals surface area contributed by atoms with Crippen LogP contribution in [0.15, 0.2) is 54.6 Å². The molecule has 32 heavy (non-hydrogen) atoms. The van der Waals surface area contributed by atoms with Crippen molar-refractivity contribution in [3.63, 3.8) is 0 Å². The second-order valence-electron chi connectivity index (χ2n) is 7.90. The van der Waals surface area contributed by atoms with Crippen LogP contribution in [0.1, 0.15) is 51.3 Å². The van der Waals surface area contributed by atoms with E-state index in [4.69, 9.17) is 18.9 Å². The summed E-state index contributed by atoms with van der Waals surface area (Å²) in [5.74, 6) is -0.261. The van der Waals surface area contributed by atoms with Crippen LogP contribution in [0.25, 0.3) is 0 Å². The Morgan fingerprint density at radius 1 is 0.938 bits per heavy atom. The molecule has 2 aromatic rings. The van der Waals surface area contributed by atoms with E-state index in [1.807, 2.05) is 30.3 Å². The van der Waals surface area contributed by atoms with Gasteiger partial charge in [0.1, 0.15) is 24.6 Å². The number of carbonyl (C=O) groups excluding carboxylic acids is 3. The first-order valence-electron chi connectivity index (χ1n) is 10.3. The molecule has 1 unspecified atom stereocenters. The normalized spacial score (nSPS) is 11.8. The minimum atomic E-state index is -0.888. The summed E-state index contributed by atoms with van der Waals surface area (Å²) in [6.07, 6.45) is -1.42. The molecule has 0 aromatic heterocycles. The SMILES string of the molecule is CCC(=O)OCC(NC(=O)OCc1ccccc1)c1ccccc1OC(=O)OC(C)(C)C. The first kappa shape index (κ1) is 24.7. The molecule has 0 aliphatic heterocycles. The van der Waals surface area contributed by atoms with Crippen molar-refractivity contribution in [3.8, 4) is 5.75 Å². The fraction of sp³-hybridized carbons (Fsp3) is 0.375. The highest BCUT2D eigenvalue weighted by molar-refractivity contribution is 5.70. The lowest BCUT2D eigenvalue weighted by atomic mass is 10.1. The van der Waals surface area contributed by atoms with Crippen molar-refractivity contribution < 1.29 is 33.3 Å². The third-order valence-corrected chi connectivity index (χ3v) is 4.08. The number of carbonyl (C=O) groups is 3. The van der Waals surface area contributed by atoms with Crippen LogP contribution in [-0.2, 0) is 25.6 Å². The molecule has 8 heteroatoms. The maximum absolute atomic E-state index is 12.4. The standard InChI is InChI=1S/C24H29NO7/c1-5-21(26)29-16-19(25-22(27)30-15-17-11-7-6-8-12-17)18-13-9-10-14-20(18)31-23(28)32-24(2,3)4/h6-14,19H,5,15-16H2,1-4H3,(H,25,27). The molecule has 0 saturated heterocycles. The fourth-order valence-electron chi connectivity index (χ4n) is 2.62. The van der Waals surface area contributed by atoms with Crippen LogP contribution in [-0.4, -0.2) is 30.4 Å². The van der Waals surface area contributed by atoms with Gasteiger partial charge in [-0.1, -0.05) is 55.5 Å². The molecule has 8 nitrogen and oxygen atoms in total. The predicted molar refractivity (Wildman–Crippen MR) is 117 cm³/mol. The van der Waals surface area contributed by atoms with Gasteiger partial charge in [0.25, 0.3) is 0 Å². The number of ether oxygens (including phenoxy) is 4. The van der Waals surface area contributed by atoms with Crippen molar-refractivity contribution in [3.05, 3.63) is 65.7 Å². The highest BCUT2D eigenvalue weighted by atomic mass is 16.7. The molecular weight excluding hydrogens is 414 g/mol. The van der Waals surface area contributed by atoms with Gasteiger partial charge >= 0.3 is 18.2 Å². The number of para-hydroxylation sites is 1. The first-order valence-corrected chi connectivity index (χ1v) is 10.3. The molecule has 0 saturated carbocycles. The molecule has 2 aromatic carbocycles. The highest BCUT2D eigenvalue weighted by Gasteiger charge is 2.24. The Morgan fingerprint density at radius 3 is 2.25 bits per heavy atom. The maximum Gasteiger partial charge on any atom is 0.514 e. The Bertz CT molecular complexity index is 906. The lowest BCUT2D eigenvalue weighted by Crippen LogP contribution is -2.33. The number of hydrogen-bond acceptors (Lipinski definition) is 7. The van der Waals surface area contributed by atoms with Gasteiger partial charge in [0, 0.05) is 12.0 Å². The van der Waals surface area contributed by atoms with Crippen LogP contribution in [0, 0.1) is 0 Å². The van der Waals surface area contributed by atoms with Crippen LogP contribution >= 0.6 is 0 Å². The molecule has 1 atom stereocenters. The Kier molecular flexibility index (Phi) is 9.07. The van der Waals surface area contributed by atoms with E-state index in [0.29, 0.717) is 5.56 Å². The quantitative estimate of drug-likeness (QED) is 0.351. The van der Waals surface area contributed by atoms with Crippen LogP contribution in [0.5, 0.6) is 5.75 Å². The smallest absolute Gasteiger partial charge is 0.463 e. The van der Waals surface area contributed by atoms with Gasteiger partial charge in [0.2, 0.25) is 0 Å².